The zero-order valence-electron chi connectivity index (χ0n) is 50.4. The van der Waals surface area contributed by atoms with Crippen LogP contribution in [0, 0.1) is 0 Å². The lowest BCUT2D eigenvalue weighted by Gasteiger charge is -2.59. The SMILES string of the molecule is ClC(Cl)(Cl)C(Cl)(Cl)C(Cl)(Cl)C(Cl)(Cl)C(Cl)(Cl)C(Cl)(Cl)C(Cl)(Cl)C(Cl)(Cl)C(Cl)(Cl)C(Cl)(Cl)C(Cl)(Cl)C(Cl)(Cl)C(Cl)(Cl)C(Cl)(Cl)C(Cl)(Cl)C(Cl)(Cl)C(Cl)(Cl)C(Cl)(Cl)C(Cl)(Cl)CNCC(Cl)(Cl)C(Cl)(Cl)C(Cl)(Cl)C(Cl)(Cl)C(Cl)(Cl)C(Cl)(Cl)C(Cl)(Cl)C(Cl)(Cl)C(Cl)(Cl)C(Cl)(Cl)C(Cl)(Cl)C(Cl)(Cl)C(Cl)(Cl)C(Cl)(Cl)C(Cl)(Cl)C(Cl)(Cl)C(Cl)(Cl)C(Cl)(Cl)C(Cl)(Cl)Cl. The predicted molar refractivity (Wildman–Crippen MR) is 573 cm³/mol. The summed E-state index contributed by atoms with van der Waals surface area (Å²) >= 11 is 515. The van der Waals surface area contributed by atoms with Crippen LogP contribution >= 0.6 is 905 Å². The summed E-state index contributed by atoms with van der Waals surface area (Å²) in [6.07, 6.45) is 0. The summed E-state index contributed by atoms with van der Waals surface area (Å²) in [5, 5.41) is 2.32. The molecule has 0 rings (SSSR count). The summed E-state index contributed by atoms with van der Waals surface area (Å²) in [6, 6.07) is 0. The smallest absolute Gasteiger partial charge is 0.226 e. The van der Waals surface area contributed by atoms with Gasteiger partial charge in [-0.15, -0.1) is 0 Å². The predicted octanol–water partition coefficient (Wildman–Crippen LogP) is 45.6. The van der Waals surface area contributed by atoms with Crippen molar-refractivity contribution in [3.63, 3.8) is 0 Å². The molecule has 0 heterocycles. The van der Waals surface area contributed by atoms with Crippen molar-refractivity contribution < 1.29 is 0 Å². The molecule has 0 aromatic carbocycles. The number of hydrogen-bond acceptors (Lipinski definition) is 1. The fourth-order valence-electron chi connectivity index (χ4n) is 7.33. The van der Waals surface area contributed by atoms with E-state index < -0.39 is 177 Å². The molecule has 0 amide bonds. The molecule has 0 saturated heterocycles. The standard InChI is InChI=1S/C40H5Cl78N/c41-3(42,5(45,46)7(49,50)9(53,54)11(57,58)13(61,62)15(65,66)17(69,70)19(73,74)21(77,78)23(81,82)25(85,86)27(89,90)29(93,94)31(97,98)33(101,102)35(105,106)37(109,110)39(113,114)115)1-119-2-4(43,44)6(47,48)8(51,52)10(55,56)12(59,60)14(63,64)16(67,68)18(71,72)20(75,76)22(79,80)24(83,84)26(87,88)28(91,92)30(95,96)32(99,100)34(103,104)36(107,108)38(111,112)40(116,117)118/h119H,1-2H2. The number of hydrogen-bond donors (Lipinski definition) is 1. The molecule has 119 heavy (non-hydrogen) atoms. The molecule has 79 heteroatoms. The molecule has 0 spiro atoms. The quantitative estimate of drug-likeness (QED) is 0.0608. The van der Waals surface area contributed by atoms with Crippen LogP contribution in [-0.4, -0.2) is 177 Å². The first-order chi connectivity index (χ1) is 49.7. The first-order valence-corrected chi connectivity index (χ1v) is 54.6. The second-order valence-corrected chi connectivity index (χ2v) is 75.2. The lowest BCUT2D eigenvalue weighted by atomic mass is 9.95. The summed E-state index contributed by atoms with van der Waals surface area (Å²) < 4.78 is -141. The lowest BCUT2D eigenvalue weighted by Crippen LogP contribution is -2.76. The highest BCUT2D eigenvalue weighted by atomic mass is 35.6. The van der Waals surface area contributed by atoms with E-state index in [1.54, 1.807) is 0 Å². The van der Waals surface area contributed by atoms with Crippen molar-refractivity contribution in [2.24, 2.45) is 0 Å². The average molecular weight is 3260 g/mol. The molecule has 1 N–H and O–H groups in total. The van der Waals surface area contributed by atoms with E-state index in [1.807, 2.05) is 0 Å². The lowest BCUT2D eigenvalue weighted by molar-refractivity contribution is 0.384. The van der Waals surface area contributed by atoms with E-state index in [9.17, 15) is 0 Å². The molecule has 0 bridgehead atoms. The molecule has 0 unspecified atom stereocenters. The largest absolute Gasteiger partial charge is 0.311 e. The maximum absolute atomic E-state index is 6.78. The van der Waals surface area contributed by atoms with E-state index in [0.29, 0.717) is 0 Å². The summed E-state index contributed by atoms with van der Waals surface area (Å²) in [7, 11) is 0. The van der Waals surface area contributed by atoms with Crippen molar-refractivity contribution in [3.8, 4) is 0 Å². The third-order valence-electron chi connectivity index (χ3n) is 14.9. The first-order valence-electron chi connectivity index (χ1n) is 25.2. The van der Waals surface area contributed by atoms with Crippen molar-refractivity contribution in [1.29, 1.82) is 0 Å². The molecular weight excluding hydrogens is 3260 g/mol. The minimum absolute atomic E-state index is 1.31. The molecule has 1 nitrogen and oxygen atoms in total. The molecule has 0 fully saturated rings. The van der Waals surface area contributed by atoms with Gasteiger partial charge < -0.3 is 5.32 Å². The Morgan fingerprint density at radius 3 is 0.210 bits per heavy atom. The van der Waals surface area contributed by atoms with Gasteiger partial charge in [0.25, 0.3) is 0 Å². The fourth-order valence-corrected chi connectivity index (χ4v) is 34.4. The highest BCUT2D eigenvalue weighted by Crippen LogP contribution is 2.84. The van der Waals surface area contributed by atoms with E-state index in [4.69, 9.17) is 905 Å². The average Bonchev–Trinajstić information content (AvgIpc) is 0.676. The summed E-state index contributed by atoms with van der Waals surface area (Å²) in [4.78, 5) is 0. The number of rotatable bonds is 38. The van der Waals surface area contributed by atoms with E-state index in [2.05, 4.69) is 5.32 Å². The molecular formula is C40H5Cl78N. The topological polar surface area (TPSA) is 12.0 Å². The van der Waals surface area contributed by atoms with E-state index in [0.717, 1.165) is 0 Å². The molecule has 0 aromatic heterocycles. The fraction of sp³-hybridized carbons (Fsp3) is 1.00. The van der Waals surface area contributed by atoms with Crippen LogP contribution in [0.2, 0.25) is 0 Å². The van der Waals surface area contributed by atoms with Crippen LogP contribution in [0.5, 0.6) is 0 Å². The van der Waals surface area contributed by atoms with Gasteiger partial charge in [0.2, 0.25) is 16.3 Å². The normalized spacial score (nSPS) is 17.6. The van der Waals surface area contributed by atoms with Gasteiger partial charge in [0.15, 0.2) is 147 Å². The number of halogens is 78. The Balaban J connectivity index is 8.01. The van der Waals surface area contributed by atoms with Crippen LogP contribution in [0.1, 0.15) is 0 Å². The van der Waals surface area contributed by atoms with Gasteiger partial charge in [0.05, 0.1) is 0 Å². The Morgan fingerprint density at radius 1 is 0.0840 bits per heavy atom. The minimum atomic E-state index is -3.99. The van der Waals surface area contributed by atoms with Gasteiger partial charge in [0.1, 0.15) is 0 Å². The van der Waals surface area contributed by atoms with Gasteiger partial charge in [-0.05, 0) is 0 Å². The van der Waals surface area contributed by atoms with Crippen molar-refractivity contribution in [2.75, 3.05) is 13.1 Å². The maximum Gasteiger partial charge on any atom is 0.226 e. The molecule has 0 atom stereocenters. The highest BCUT2D eigenvalue weighted by Gasteiger charge is 2.93. The minimum Gasteiger partial charge on any atom is -0.311 e. The van der Waals surface area contributed by atoms with E-state index in [1.165, 1.54) is 0 Å². The Bertz CT molecular complexity index is 3350. The van der Waals surface area contributed by atoms with Crippen LogP contribution in [0.15, 0.2) is 0 Å². The van der Waals surface area contributed by atoms with Crippen molar-refractivity contribution in [3.05, 3.63) is 0 Å². The van der Waals surface area contributed by atoms with Crippen LogP contribution in [0.4, 0.5) is 0 Å². The molecule has 0 saturated carbocycles. The van der Waals surface area contributed by atoms with E-state index >= 15 is 0 Å². The summed E-state index contributed by atoms with van der Waals surface area (Å²) in [5.41, 5.74) is 0. The van der Waals surface area contributed by atoms with Gasteiger partial charge in [0, 0.05) is 13.1 Å². The van der Waals surface area contributed by atoms with Gasteiger partial charge in [-0.1, -0.05) is 905 Å². The van der Waals surface area contributed by atoms with Gasteiger partial charge >= 0.3 is 0 Å². The van der Waals surface area contributed by atoms with Crippen LogP contribution < -0.4 is 5.32 Å². The summed E-state index contributed by atoms with van der Waals surface area (Å²) in [6.45, 7) is -2.61. The highest BCUT2D eigenvalue weighted by molar-refractivity contribution is 6.92. The Hall–Kier alpha value is 22.6. The Labute approximate surface area is 1070 Å². The van der Waals surface area contributed by atoms with Crippen LogP contribution in [-0.2, 0) is 0 Å². The van der Waals surface area contributed by atoms with E-state index in [-0.39, 0.29) is 0 Å². The van der Waals surface area contributed by atoms with Gasteiger partial charge in [-0.2, -0.15) is 0 Å². The van der Waals surface area contributed by atoms with Crippen LogP contribution in [0.3, 0.4) is 0 Å². The van der Waals surface area contributed by atoms with Crippen molar-refractivity contribution >= 4 is 905 Å². The summed E-state index contributed by atoms with van der Waals surface area (Å²) in [5.74, 6) is 0. The number of nitrogens with one attached hydrogen (secondary N) is 1. The van der Waals surface area contributed by atoms with Gasteiger partial charge in [-0.25, -0.2) is 0 Å². The Morgan fingerprint density at radius 2 is 0.143 bits per heavy atom. The molecule has 0 aliphatic carbocycles. The van der Waals surface area contributed by atoms with Crippen LogP contribution in [0.25, 0.3) is 0 Å². The van der Waals surface area contributed by atoms with Gasteiger partial charge in [-0.3, -0.25) is 0 Å². The molecule has 716 valence electrons. The second-order valence-electron chi connectivity index (χ2n) is 22.5. The Kier molecular flexibility index (Phi) is 50.7. The second kappa shape index (κ2) is 42.6. The molecule has 0 radical (unpaired) electrons. The third kappa shape index (κ3) is 21.5. The first kappa shape index (κ1) is 142. The molecule has 0 aliphatic heterocycles. The molecule has 0 aromatic rings. The number of alkyl halides is 78. The zero-order valence-corrected chi connectivity index (χ0v) is 109. The zero-order chi connectivity index (χ0) is 99.1. The van der Waals surface area contributed by atoms with Crippen molar-refractivity contribution in [2.45, 2.75) is 164 Å². The third-order valence-corrected chi connectivity index (χ3v) is 71.3. The maximum atomic E-state index is 6.78. The monoisotopic (exact) mass is 3230 g/mol. The molecule has 0 aliphatic rings. The van der Waals surface area contributed by atoms with Crippen molar-refractivity contribution in [1.82, 2.24) is 5.32 Å².